The molecule has 2 heterocycles. The molecule has 0 radical (unpaired) electrons. The van der Waals surface area contributed by atoms with Crippen LogP contribution in [0.15, 0.2) is 18.2 Å². The number of benzene rings is 1. The Morgan fingerprint density at radius 2 is 2.20 bits per heavy atom. The lowest BCUT2D eigenvalue weighted by atomic mass is 10.00. The van der Waals surface area contributed by atoms with E-state index in [9.17, 15) is 4.79 Å². The molecule has 0 aromatic heterocycles. The minimum atomic E-state index is -0.292. The van der Waals surface area contributed by atoms with Gasteiger partial charge in [-0.3, -0.25) is 4.79 Å². The van der Waals surface area contributed by atoms with Crippen LogP contribution in [0, 0.1) is 0 Å². The van der Waals surface area contributed by atoms with E-state index in [1.807, 2.05) is 36.9 Å². The molecule has 1 saturated heterocycles. The van der Waals surface area contributed by atoms with Gasteiger partial charge < -0.3 is 19.7 Å². The minimum absolute atomic E-state index is 0.0128. The molecule has 3 rings (SSSR count). The highest BCUT2D eigenvalue weighted by Gasteiger charge is 2.36. The Balaban J connectivity index is 1.94. The fraction of sp³-hybridized carbons (Fsp3) is 0.533. The van der Waals surface area contributed by atoms with E-state index in [0.29, 0.717) is 37.7 Å². The van der Waals surface area contributed by atoms with Crippen molar-refractivity contribution in [1.82, 2.24) is 4.90 Å². The Hall–Kier alpha value is -1.75. The van der Waals surface area contributed by atoms with E-state index < -0.39 is 0 Å². The molecule has 0 saturated carbocycles. The molecule has 1 aromatic carbocycles. The maximum Gasteiger partial charge on any atom is 0.258 e. The van der Waals surface area contributed by atoms with Crippen molar-refractivity contribution >= 4 is 11.6 Å². The van der Waals surface area contributed by atoms with Crippen LogP contribution in [0.1, 0.15) is 24.2 Å². The van der Waals surface area contributed by atoms with Crippen molar-refractivity contribution in [2.24, 2.45) is 0 Å². The Bertz CT molecular complexity index is 528. The third-order valence-electron chi connectivity index (χ3n) is 3.80. The number of para-hydroxylation sites is 1. The van der Waals surface area contributed by atoms with E-state index in [1.54, 1.807) is 0 Å². The van der Waals surface area contributed by atoms with Crippen molar-refractivity contribution in [1.29, 1.82) is 0 Å². The van der Waals surface area contributed by atoms with Gasteiger partial charge in [-0.1, -0.05) is 6.07 Å². The molecular formula is C15H20N2O3. The van der Waals surface area contributed by atoms with Gasteiger partial charge in [-0.05, 0) is 26.0 Å². The normalized spacial score (nSPS) is 20.6. The first-order valence-electron chi connectivity index (χ1n) is 6.99. The Morgan fingerprint density at radius 1 is 1.35 bits per heavy atom. The van der Waals surface area contributed by atoms with Crippen LogP contribution in [0.5, 0.6) is 5.75 Å². The molecule has 0 bridgehead atoms. The lowest BCUT2D eigenvalue weighted by molar-refractivity contribution is -0.0371. The summed E-state index contributed by atoms with van der Waals surface area (Å²) in [7, 11) is 0. The van der Waals surface area contributed by atoms with Gasteiger partial charge in [-0.25, -0.2) is 0 Å². The molecule has 0 unspecified atom stereocenters. The van der Waals surface area contributed by atoms with E-state index in [0.717, 1.165) is 12.2 Å². The van der Waals surface area contributed by atoms with Gasteiger partial charge in [0.2, 0.25) is 0 Å². The second kappa shape index (κ2) is 4.98. The number of rotatable bonds is 1. The average Bonchev–Trinajstić information content (AvgIpc) is 2.45. The summed E-state index contributed by atoms with van der Waals surface area (Å²) >= 11 is 0. The SMILES string of the molecule is CC1(C)COCCN1C(=O)c1cccc2c1OCCN2. The maximum atomic E-state index is 12.8. The van der Waals surface area contributed by atoms with Crippen LogP contribution in [0.2, 0.25) is 0 Å². The standard InChI is InChI=1S/C15H20N2O3/c1-15(2)10-19-9-7-17(15)14(18)11-4-3-5-12-13(11)20-8-6-16-12/h3-5,16H,6-10H2,1-2H3. The Labute approximate surface area is 118 Å². The topological polar surface area (TPSA) is 50.8 Å². The zero-order valence-corrected chi connectivity index (χ0v) is 11.9. The summed E-state index contributed by atoms with van der Waals surface area (Å²) in [5, 5.41) is 3.26. The van der Waals surface area contributed by atoms with Crippen molar-refractivity contribution in [3.63, 3.8) is 0 Å². The number of amides is 1. The van der Waals surface area contributed by atoms with Gasteiger partial charge in [0, 0.05) is 13.1 Å². The Morgan fingerprint density at radius 3 is 3.00 bits per heavy atom. The first kappa shape index (κ1) is 13.2. The van der Waals surface area contributed by atoms with Crippen LogP contribution in [-0.4, -0.2) is 49.3 Å². The van der Waals surface area contributed by atoms with Crippen molar-refractivity contribution < 1.29 is 14.3 Å². The van der Waals surface area contributed by atoms with Gasteiger partial charge in [-0.15, -0.1) is 0 Å². The van der Waals surface area contributed by atoms with Crippen molar-refractivity contribution in [3.05, 3.63) is 23.8 Å². The molecule has 0 atom stereocenters. The number of nitrogens with zero attached hydrogens (tertiary/aromatic N) is 1. The summed E-state index contributed by atoms with van der Waals surface area (Å²) in [6.45, 7) is 7.17. The maximum absolute atomic E-state index is 12.8. The van der Waals surface area contributed by atoms with Gasteiger partial charge in [0.15, 0.2) is 5.75 Å². The zero-order valence-electron chi connectivity index (χ0n) is 11.9. The van der Waals surface area contributed by atoms with Crippen LogP contribution in [-0.2, 0) is 4.74 Å². The monoisotopic (exact) mass is 276 g/mol. The lowest BCUT2D eigenvalue weighted by Gasteiger charge is -2.42. The van der Waals surface area contributed by atoms with Gasteiger partial charge in [-0.2, -0.15) is 0 Å². The molecule has 1 N–H and O–H groups in total. The molecule has 5 nitrogen and oxygen atoms in total. The molecule has 2 aliphatic heterocycles. The molecular weight excluding hydrogens is 256 g/mol. The molecule has 108 valence electrons. The molecule has 2 aliphatic rings. The number of hydrogen-bond donors (Lipinski definition) is 1. The van der Waals surface area contributed by atoms with Crippen LogP contribution in [0.4, 0.5) is 5.69 Å². The number of anilines is 1. The van der Waals surface area contributed by atoms with E-state index >= 15 is 0 Å². The number of fused-ring (bicyclic) bond motifs is 1. The third kappa shape index (κ3) is 2.22. The second-order valence-electron chi connectivity index (χ2n) is 5.78. The highest BCUT2D eigenvalue weighted by Crippen LogP contribution is 2.33. The van der Waals surface area contributed by atoms with Crippen LogP contribution in [0.25, 0.3) is 0 Å². The summed E-state index contributed by atoms with van der Waals surface area (Å²) < 4.78 is 11.2. The van der Waals surface area contributed by atoms with Gasteiger partial charge in [0.25, 0.3) is 5.91 Å². The van der Waals surface area contributed by atoms with Crippen molar-refractivity contribution in [3.8, 4) is 5.75 Å². The molecule has 1 aromatic rings. The minimum Gasteiger partial charge on any atom is -0.489 e. The lowest BCUT2D eigenvalue weighted by Crippen LogP contribution is -2.55. The van der Waals surface area contributed by atoms with Crippen LogP contribution in [0.3, 0.4) is 0 Å². The first-order valence-corrected chi connectivity index (χ1v) is 6.99. The third-order valence-corrected chi connectivity index (χ3v) is 3.80. The fourth-order valence-electron chi connectivity index (χ4n) is 2.72. The predicted octanol–water partition coefficient (Wildman–Crippen LogP) is 1.74. The second-order valence-corrected chi connectivity index (χ2v) is 5.78. The fourth-order valence-corrected chi connectivity index (χ4v) is 2.72. The van der Waals surface area contributed by atoms with E-state index in [2.05, 4.69) is 5.32 Å². The first-order chi connectivity index (χ1) is 9.59. The summed E-state index contributed by atoms with van der Waals surface area (Å²) in [6, 6.07) is 5.66. The molecule has 0 spiro atoms. The predicted molar refractivity (Wildman–Crippen MR) is 76.4 cm³/mol. The molecule has 1 fully saturated rings. The largest absolute Gasteiger partial charge is 0.489 e. The summed E-state index contributed by atoms with van der Waals surface area (Å²) in [4.78, 5) is 14.7. The van der Waals surface area contributed by atoms with Crippen LogP contribution >= 0.6 is 0 Å². The van der Waals surface area contributed by atoms with E-state index in [1.165, 1.54) is 0 Å². The van der Waals surface area contributed by atoms with E-state index in [4.69, 9.17) is 9.47 Å². The summed E-state index contributed by atoms with van der Waals surface area (Å²) in [5.41, 5.74) is 1.23. The number of hydrogen-bond acceptors (Lipinski definition) is 4. The van der Waals surface area contributed by atoms with E-state index in [-0.39, 0.29) is 11.4 Å². The number of carbonyl (C=O) groups is 1. The summed E-state index contributed by atoms with van der Waals surface area (Å²) in [5.74, 6) is 0.685. The highest BCUT2D eigenvalue weighted by atomic mass is 16.5. The van der Waals surface area contributed by atoms with Gasteiger partial charge in [0.1, 0.15) is 6.61 Å². The molecule has 5 heteroatoms. The molecule has 0 aliphatic carbocycles. The number of ether oxygens (including phenoxy) is 2. The smallest absolute Gasteiger partial charge is 0.258 e. The zero-order chi connectivity index (χ0) is 14.2. The van der Waals surface area contributed by atoms with Gasteiger partial charge >= 0.3 is 0 Å². The number of carbonyl (C=O) groups excluding carboxylic acids is 1. The number of nitrogens with one attached hydrogen (secondary N) is 1. The Kier molecular flexibility index (Phi) is 3.30. The van der Waals surface area contributed by atoms with Crippen molar-refractivity contribution in [2.45, 2.75) is 19.4 Å². The van der Waals surface area contributed by atoms with Crippen LogP contribution < -0.4 is 10.1 Å². The van der Waals surface area contributed by atoms with Crippen molar-refractivity contribution in [2.75, 3.05) is 38.2 Å². The molecule has 1 amide bonds. The quantitative estimate of drug-likeness (QED) is 0.849. The highest BCUT2D eigenvalue weighted by molar-refractivity contribution is 5.99. The summed E-state index contributed by atoms with van der Waals surface area (Å²) in [6.07, 6.45) is 0. The number of morpholine rings is 1. The van der Waals surface area contributed by atoms with Gasteiger partial charge in [0.05, 0.1) is 30.0 Å². The molecule has 20 heavy (non-hydrogen) atoms. The average molecular weight is 276 g/mol.